The van der Waals surface area contributed by atoms with E-state index in [2.05, 4.69) is 5.32 Å². The molecule has 0 saturated heterocycles. The third kappa shape index (κ3) is 3.71. The molecule has 0 bridgehead atoms. The third-order valence-electron chi connectivity index (χ3n) is 4.76. The zero-order chi connectivity index (χ0) is 21.1. The maximum absolute atomic E-state index is 13.3. The van der Waals surface area contributed by atoms with E-state index in [-0.39, 0.29) is 11.5 Å². The van der Waals surface area contributed by atoms with Gasteiger partial charge in [0.1, 0.15) is 5.75 Å². The first-order valence-corrected chi connectivity index (χ1v) is 9.31. The fourth-order valence-corrected chi connectivity index (χ4v) is 3.27. The van der Waals surface area contributed by atoms with Crippen LogP contribution in [0.15, 0.2) is 78.9 Å². The molecule has 0 aliphatic rings. The molecule has 0 aliphatic carbocycles. The van der Waals surface area contributed by atoms with Gasteiger partial charge in [0.05, 0.1) is 29.6 Å². The van der Waals surface area contributed by atoms with Gasteiger partial charge in [-0.25, -0.2) is 4.98 Å². The minimum Gasteiger partial charge on any atom is -0.495 e. The number of methoxy groups -OCH3 is 1. The number of anilines is 1. The number of ether oxygens (including phenoxy) is 1. The molecule has 0 atom stereocenters. The van der Waals surface area contributed by atoms with Crippen LogP contribution in [0.3, 0.4) is 0 Å². The molecule has 3 aromatic carbocycles. The van der Waals surface area contributed by atoms with Gasteiger partial charge in [-0.2, -0.15) is 0 Å². The minimum atomic E-state index is -0.589. The van der Waals surface area contributed by atoms with E-state index in [4.69, 9.17) is 15.5 Å². The smallest absolute Gasteiger partial charge is 0.256 e. The zero-order valence-corrected chi connectivity index (χ0v) is 16.3. The number of aromatic nitrogens is 1. The van der Waals surface area contributed by atoms with Crippen molar-refractivity contribution in [3.63, 3.8) is 0 Å². The van der Waals surface area contributed by atoms with Crippen molar-refractivity contribution in [1.29, 1.82) is 0 Å². The number of hydrogen-bond donors (Lipinski definition) is 2. The van der Waals surface area contributed by atoms with Crippen LogP contribution < -0.4 is 15.8 Å². The first-order chi connectivity index (χ1) is 14.6. The van der Waals surface area contributed by atoms with Crippen LogP contribution in [0, 0.1) is 0 Å². The maximum atomic E-state index is 13.3. The summed E-state index contributed by atoms with van der Waals surface area (Å²) in [7, 11) is 1.49. The van der Waals surface area contributed by atoms with Crippen LogP contribution in [0.5, 0.6) is 5.75 Å². The predicted octanol–water partition coefficient (Wildman–Crippen LogP) is 4.26. The van der Waals surface area contributed by atoms with Crippen molar-refractivity contribution in [2.45, 2.75) is 0 Å². The Morgan fingerprint density at radius 3 is 2.40 bits per heavy atom. The molecule has 0 unspecified atom stereocenters. The number of hydrogen-bond acceptors (Lipinski definition) is 4. The molecule has 1 heterocycles. The molecule has 0 spiro atoms. The standard InChI is InChI=1S/C24H19N3O3/c1-30-22-12-11-16(23(25)28)13-21(22)27-24(29)18-14-20(15-7-3-2-4-8-15)26-19-10-6-5-9-17(18)19/h2-14H,1H3,(H2,25,28)(H,27,29). The summed E-state index contributed by atoms with van der Waals surface area (Å²) in [4.78, 5) is 29.5. The van der Waals surface area contributed by atoms with E-state index in [1.165, 1.54) is 13.2 Å². The Labute approximate surface area is 173 Å². The van der Waals surface area contributed by atoms with Crippen molar-refractivity contribution in [1.82, 2.24) is 4.98 Å². The molecule has 4 aromatic rings. The van der Waals surface area contributed by atoms with Gasteiger partial charge in [-0.3, -0.25) is 9.59 Å². The summed E-state index contributed by atoms with van der Waals surface area (Å²) in [6.07, 6.45) is 0. The molecule has 0 aliphatic heterocycles. The number of amides is 2. The van der Waals surface area contributed by atoms with E-state index in [0.29, 0.717) is 28.2 Å². The van der Waals surface area contributed by atoms with Crippen LogP contribution in [-0.4, -0.2) is 23.9 Å². The molecule has 6 heteroatoms. The van der Waals surface area contributed by atoms with E-state index >= 15 is 0 Å². The second kappa shape index (κ2) is 8.05. The van der Waals surface area contributed by atoms with Crippen LogP contribution in [0.1, 0.15) is 20.7 Å². The number of fused-ring (bicyclic) bond motifs is 1. The molecule has 30 heavy (non-hydrogen) atoms. The highest BCUT2D eigenvalue weighted by molar-refractivity contribution is 6.13. The summed E-state index contributed by atoms with van der Waals surface area (Å²) in [5, 5.41) is 3.57. The Hall–Kier alpha value is -4.19. The van der Waals surface area contributed by atoms with Crippen molar-refractivity contribution in [2.75, 3.05) is 12.4 Å². The normalized spacial score (nSPS) is 10.6. The summed E-state index contributed by atoms with van der Waals surface area (Å²) >= 11 is 0. The quantitative estimate of drug-likeness (QED) is 0.526. The molecule has 0 fully saturated rings. The SMILES string of the molecule is COc1ccc(C(N)=O)cc1NC(=O)c1cc(-c2ccccc2)nc2ccccc12. The lowest BCUT2D eigenvalue weighted by atomic mass is 10.0. The number of pyridine rings is 1. The van der Waals surface area contributed by atoms with E-state index < -0.39 is 5.91 Å². The molecule has 0 saturated carbocycles. The molecular formula is C24H19N3O3. The average Bonchev–Trinajstić information content (AvgIpc) is 2.78. The van der Waals surface area contributed by atoms with Gasteiger partial charge in [0.2, 0.25) is 5.91 Å². The Morgan fingerprint density at radius 2 is 1.67 bits per heavy atom. The monoisotopic (exact) mass is 397 g/mol. The van der Waals surface area contributed by atoms with Crippen LogP contribution >= 0.6 is 0 Å². The van der Waals surface area contributed by atoms with Gasteiger partial charge < -0.3 is 15.8 Å². The van der Waals surface area contributed by atoms with E-state index in [1.807, 2.05) is 54.6 Å². The minimum absolute atomic E-state index is 0.274. The number of nitrogens with zero attached hydrogens (tertiary/aromatic N) is 1. The van der Waals surface area contributed by atoms with E-state index in [1.54, 1.807) is 18.2 Å². The first-order valence-electron chi connectivity index (χ1n) is 9.31. The topological polar surface area (TPSA) is 94.3 Å². The second-order valence-electron chi connectivity index (χ2n) is 6.67. The fraction of sp³-hybridized carbons (Fsp3) is 0.0417. The van der Waals surface area contributed by atoms with Crippen LogP contribution in [-0.2, 0) is 0 Å². The second-order valence-corrected chi connectivity index (χ2v) is 6.67. The van der Waals surface area contributed by atoms with Crippen molar-refractivity contribution < 1.29 is 14.3 Å². The lowest BCUT2D eigenvalue weighted by Crippen LogP contribution is -2.16. The molecule has 4 rings (SSSR count). The number of nitrogens with one attached hydrogen (secondary N) is 1. The zero-order valence-electron chi connectivity index (χ0n) is 16.3. The number of carbonyl (C=O) groups is 2. The number of para-hydroxylation sites is 1. The van der Waals surface area contributed by atoms with Crippen molar-refractivity contribution >= 4 is 28.4 Å². The van der Waals surface area contributed by atoms with Gasteiger partial charge >= 0.3 is 0 Å². The summed E-state index contributed by atoms with van der Waals surface area (Å²) in [5.74, 6) is -0.505. The summed E-state index contributed by atoms with van der Waals surface area (Å²) in [6, 6.07) is 23.5. The van der Waals surface area contributed by atoms with Crippen LogP contribution in [0.25, 0.3) is 22.2 Å². The number of carbonyl (C=O) groups excluding carboxylic acids is 2. The number of primary amides is 1. The van der Waals surface area contributed by atoms with Crippen molar-refractivity contribution in [2.24, 2.45) is 5.73 Å². The van der Waals surface area contributed by atoms with Crippen molar-refractivity contribution in [3.05, 3.63) is 90.0 Å². The fourth-order valence-electron chi connectivity index (χ4n) is 3.27. The lowest BCUT2D eigenvalue weighted by Gasteiger charge is -2.13. The van der Waals surface area contributed by atoms with Gasteiger partial charge in [0.15, 0.2) is 0 Å². The van der Waals surface area contributed by atoms with Gasteiger partial charge in [0, 0.05) is 16.5 Å². The largest absolute Gasteiger partial charge is 0.495 e. The predicted molar refractivity (Wildman–Crippen MR) is 117 cm³/mol. The van der Waals surface area contributed by atoms with E-state index in [0.717, 1.165) is 10.9 Å². The molecule has 148 valence electrons. The average molecular weight is 397 g/mol. The summed E-state index contributed by atoms with van der Waals surface area (Å²) in [6.45, 7) is 0. The summed E-state index contributed by atoms with van der Waals surface area (Å²) in [5.41, 5.74) is 8.78. The van der Waals surface area contributed by atoms with Gasteiger partial charge in [0.25, 0.3) is 5.91 Å². The maximum Gasteiger partial charge on any atom is 0.256 e. The Bertz CT molecular complexity index is 1250. The van der Waals surface area contributed by atoms with Gasteiger partial charge in [-0.05, 0) is 30.3 Å². The highest BCUT2D eigenvalue weighted by Crippen LogP contribution is 2.29. The molecule has 0 radical (unpaired) electrons. The summed E-state index contributed by atoms with van der Waals surface area (Å²) < 4.78 is 5.32. The van der Waals surface area contributed by atoms with Crippen molar-refractivity contribution in [3.8, 4) is 17.0 Å². The highest BCUT2D eigenvalue weighted by Gasteiger charge is 2.17. The number of rotatable bonds is 5. The Morgan fingerprint density at radius 1 is 0.933 bits per heavy atom. The lowest BCUT2D eigenvalue weighted by molar-refractivity contribution is 0.0996. The third-order valence-corrected chi connectivity index (χ3v) is 4.76. The molecule has 2 amide bonds. The highest BCUT2D eigenvalue weighted by atomic mass is 16.5. The molecule has 1 aromatic heterocycles. The first kappa shape index (κ1) is 19.1. The van der Waals surface area contributed by atoms with E-state index in [9.17, 15) is 9.59 Å². The van der Waals surface area contributed by atoms with Gasteiger partial charge in [-0.1, -0.05) is 48.5 Å². The molecule has 3 N–H and O–H groups in total. The number of nitrogens with two attached hydrogens (primary N) is 1. The Kier molecular flexibility index (Phi) is 5.13. The molecule has 6 nitrogen and oxygen atoms in total. The van der Waals surface area contributed by atoms with Crippen LogP contribution in [0.2, 0.25) is 0 Å². The molecular weight excluding hydrogens is 378 g/mol. The Balaban J connectivity index is 1.80. The van der Waals surface area contributed by atoms with Gasteiger partial charge in [-0.15, -0.1) is 0 Å². The number of benzene rings is 3. The van der Waals surface area contributed by atoms with Crippen LogP contribution in [0.4, 0.5) is 5.69 Å².